The lowest BCUT2D eigenvalue weighted by Crippen LogP contribution is -2.36. The molecule has 0 atom stereocenters. The first-order chi connectivity index (χ1) is 12.2. The predicted molar refractivity (Wildman–Crippen MR) is 99.4 cm³/mol. The minimum atomic E-state index is -0.293. The highest BCUT2D eigenvalue weighted by molar-refractivity contribution is 6.30. The van der Waals surface area contributed by atoms with E-state index in [0.29, 0.717) is 5.02 Å². The van der Waals surface area contributed by atoms with Gasteiger partial charge >= 0.3 is 0 Å². The number of hydrogen-bond donors (Lipinski definition) is 1. The molecule has 0 unspecified atom stereocenters. The van der Waals surface area contributed by atoms with Crippen LogP contribution in [0.4, 0.5) is 0 Å². The van der Waals surface area contributed by atoms with Crippen LogP contribution >= 0.6 is 11.6 Å². The molecular formula is C20H20ClN3O. The lowest BCUT2D eigenvalue weighted by atomic mass is 9.95. The molecule has 0 spiro atoms. The number of rotatable bonds is 4. The van der Waals surface area contributed by atoms with Crippen LogP contribution in [0.3, 0.4) is 0 Å². The lowest BCUT2D eigenvalue weighted by molar-refractivity contribution is -0.117. The Morgan fingerprint density at radius 3 is 2.60 bits per heavy atom. The Balaban J connectivity index is 1.81. The Morgan fingerprint density at radius 2 is 1.92 bits per heavy atom. The Labute approximate surface area is 152 Å². The van der Waals surface area contributed by atoms with Gasteiger partial charge in [0.05, 0.1) is 0 Å². The van der Waals surface area contributed by atoms with E-state index in [2.05, 4.69) is 5.32 Å². The van der Waals surface area contributed by atoms with Gasteiger partial charge in [-0.1, -0.05) is 30.9 Å². The summed E-state index contributed by atoms with van der Waals surface area (Å²) in [7, 11) is 0. The summed E-state index contributed by atoms with van der Waals surface area (Å²) in [5, 5.41) is 13.1. The largest absolute Gasteiger partial charge is 0.349 e. The first kappa shape index (κ1) is 17.3. The van der Waals surface area contributed by atoms with E-state index in [9.17, 15) is 10.1 Å². The van der Waals surface area contributed by atoms with E-state index in [1.165, 1.54) is 6.42 Å². The first-order valence-electron chi connectivity index (χ1n) is 8.53. The molecule has 4 nitrogen and oxygen atoms in total. The maximum absolute atomic E-state index is 12.4. The highest BCUT2D eigenvalue weighted by atomic mass is 35.5. The number of aromatic nitrogens is 1. The van der Waals surface area contributed by atoms with Crippen LogP contribution in [0, 0.1) is 11.3 Å². The molecule has 5 heteroatoms. The molecule has 128 valence electrons. The smallest absolute Gasteiger partial charge is 0.262 e. The molecule has 1 saturated carbocycles. The van der Waals surface area contributed by atoms with Crippen LogP contribution in [0.1, 0.15) is 37.8 Å². The van der Waals surface area contributed by atoms with Crippen molar-refractivity contribution in [2.24, 2.45) is 0 Å². The van der Waals surface area contributed by atoms with Crippen LogP contribution in [-0.4, -0.2) is 16.5 Å². The lowest BCUT2D eigenvalue weighted by Gasteiger charge is -2.22. The zero-order chi connectivity index (χ0) is 17.6. The summed E-state index contributed by atoms with van der Waals surface area (Å²) in [6, 6.07) is 13.4. The summed E-state index contributed by atoms with van der Waals surface area (Å²) in [6.07, 6.45) is 9.00. The highest BCUT2D eigenvalue weighted by Gasteiger charge is 2.18. The topological polar surface area (TPSA) is 57.8 Å². The van der Waals surface area contributed by atoms with Crippen molar-refractivity contribution in [3.8, 4) is 11.8 Å². The molecule has 1 amide bonds. The van der Waals surface area contributed by atoms with Gasteiger partial charge in [-0.25, -0.2) is 0 Å². The van der Waals surface area contributed by atoms with Crippen molar-refractivity contribution in [2.45, 2.75) is 38.1 Å². The van der Waals surface area contributed by atoms with Crippen molar-refractivity contribution in [3.63, 3.8) is 0 Å². The molecule has 1 aliphatic carbocycles. The van der Waals surface area contributed by atoms with Gasteiger partial charge in [0.15, 0.2) is 0 Å². The number of halogens is 1. The van der Waals surface area contributed by atoms with Gasteiger partial charge in [0.2, 0.25) is 0 Å². The second kappa shape index (κ2) is 8.04. The van der Waals surface area contributed by atoms with E-state index in [-0.39, 0.29) is 17.5 Å². The number of carbonyl (C=O) groups is 1. The average molecular weight is 354 g/mol. The van der Waals surface area contributed by atoms with Crippen molar-refractivity contribution in [1.82, 2.24) is 9.88 Å². The fraction of sp³-hybridized carbons (Fsp3) is 0.300. The van der Waals surface area contributed by atoms with Crippen molar-refractivity contribution in [1.29, 1.82) is 5.26 Å². The van der Waals surface area contributed by atoms with Crippen LogP contribution in [0.15, 0.2) is 48.2 Å². The van der Waals surface area contributed by atoms with E-state index in [1.54, 1.807) is 6.08 Å². The van der Waals surface area contributed by atoms with Gasteiger partial charge in [-0.2, -0.15) is 5.26 Å². The van der Waals surface area contributed by atoms with Crippen LogP contribution in [0.25, 0.3) is 11.8 Å². The van der Waals surface area contributed by atoms with Crippen LogP contribution in [0.5, 0.6) is 0 Å². The highest BCUT2D eigenvalue weighted by Crippen LogP contribution is 2.20. The van der Waals surface area contributed by atoms with E-state index in [1.807, 2.05) is 53.2 Å². The monoisotopic (exact) mass is 353 g/mol. The molecule has 0 bridgehead atoms. The van der Waals surface area contributed by atoms with Gasteiger partial charge < -0.3 is 9.88 Å². The third kappa shape index (κ3) is 4.32. The van der Waals surface area contributed by atoms with Gasteiger partial charge in [0, 0.05) is 28.6 Å². The van der Waals surface area contributed by atoms with Gasteiger partial charge in [-0.05, 0) is 55.3 Å². The number of benzene rings is 1. The molecule has 2 aromatic rings. The van der Waals surface area contributed by atoms with E-state index >= 15 is 0 Å². The van der Waals surface area contributed by atoms with Crippen molar-refractivity contribution in [2.75, 3.05) is 0 Å². The van der Waals surface area contributed by atoms with E-state index < -0.39 is 0 Å². The summed E-state index contributed by atoms with van der Waals surface area (Å²) in [5.41, 5.74) is 1.82. The maximum Gasteiger partial charge on any atom is 0.262 e. The molecule has 25 heavy (non-hydrogen) atoms. The van der Waals surface area contributed by atoms with Gasteiger partial charge in [-0.3, -0.25) is 4.79 Å². The maximum atomic E-state index is 12.4. The first-order valence-corrected chi connectivity index (χ1v) is 8.91. The number of nitrogens with one attached hydrogen (secondary N) is 1. The summed E-state index contributed by atoms with van der Waals surface area (Å²) in [5.74, 6) is -0.293. The second-order valence-corrected chi connectivity index (χ2v) is 6.69. The molecule has 1 heterocycles. The van der Waals surface area contributed by atoms with E-state index in [0.717, 1.165) is 37.1 Å². The minimum Gasteiger partial charge on any atom is -0.349 e. The molecule has 0 saturated heterocycles. The molecule has 3 rings (SSSR count). The third-order valence-electron chi connectivity index (χ3n) is 4.48. The average Bonchev–Trinajstić information content (AvgIpc) is 3.09. The Morgan fingerprint density at radius 1 is 1.20 bits per heavy atom. The summed E-state index contributed by atoms with van der Waals surface area (Å²) >= 11 is 5.94. The number of nitriles is 1. The van der Waals surface area contributed by atoms with E-state index in [4.69, 9.17) is 11.6 Å². The quantitative estimate of drug-likeness (QED) is 0.650. The summed E-state index contributed by atoms with van der Waals surface area (Å²) < 4.78 is 1.92. The van der Waals surface area contributed by atoms with Gasteiger partial charge in [0.25, 0.3) is 5.91 Å². The van der Waals surface area contributed by atoms with Crippen LogP contribution in [0.2, 0.25) is 5.02 Å². The minimum absolute atomic E-state index is 0.125. The van der Waals surface area contributed by atoms with Crippen molar-refractivity contribution in [3.05, 3.63) is 58.9 Å². The number of amides is 1. The fourth-order valence-corrected chi connectivity index (χ4v) is 3.28. The van der Waals surface area contributed by atoms with Crippen LogP contribution < -0.4 is 5.32 Å². The fourth-order valence-electron chi connectivity index (χ4n) is 3.16. The second-order valence-electron chi connectivity index (χ2n) is 6.26. The third-order valence-corrected chi connectivity index (χ3v) is 4.73. The summed E-state index contributed by atoms with van der Waals surface area (Å²) in [6.45, 7) is 0. The molecule has 1 aliphatic rings. The molecule has 1 N–H and O–H groups in total. The Bertz CT molecular complexity index is 808. The number of carbonyl (C=O) groups excluding carboxylic acids is 1. The Kier molecular flexibility index (Phi) is 5.57. The van der Waals surface area contributed by atoms with Gasteiger partial charge in [-0.15, -0.1) is 0 Å². The molecule has 0 radical (unpaired) electrons. The van der Waals surface area contributed by atoms with Crippen molar-refractivity contribution < 1.29 is 4.79 Å². The zero-order valence-electron chi connectivity index (χ0n) is 13.9. The molecule has 1 aromatic carbocycles. The molecule has 1 aromatic heterocycles. The molecule has 0 aliphatic heterocycles. The SMILES string of the molecule is N#CC(=Cc1cccn1-c1ccc(Cl)cc1)C(=O)NC1CCCCC1. The predicted octanol–water partition coefficient (Wildman–Crippen LogP) is 4.49. The van der Waals surface area contributed by atoms with Crippen molar-refractivity contribution >= 4 is 23.6 Å². The normalized spacial score (nSPS) is 15.6. The summed E-state index contributed by atoms with van der Waals surface area (Å²) in [4.78, 5) is 12.4. The molecular weight excluding hydrogens is 334 g/mol. The number of nitrogens with zero attached hydrogens (tertiary/aromatic N) is 2. The standard InChI is InChI=1S/C20H20ClN3O/c21-16-8-10-18(11-9-16)24-12-4-7-19(24)13-15(14-22)20(25)23-17-5-2-1-3-6-17/h4,7-13,17H,1-3,5-6H2,(H,23,25). The van der Waals surface area contributed by atoms with Crippen LogP contribution in [-0.2, 0) is 4.79 Å². The number of hydrogen-bond acceptors (Lipinski definition) is 2. The zero-order valence-corrected chi connectivity index (χ0v) is 14.7. The Hall–Kier alpha value is -2.51. The van der Waals surface area contributed by atoms with Gasteiger partial charge in [0.1, 0.15) is 11.6 Å². The molecule has 1 fully saturated rings.